The molecule has 0 spiro atoms. The molecule has 144 valence electrons. The molecular formula is C20H28N6O. The zero-order valence-electron chi connectivity index (χ0n) is 15.7. The number of amides is 1. The number of fused-ring (bicyclic) bond motifs is 1. The lowest BCUT2D eigenvalue weighted by Crippen LogP contribution is -2.42. The fourth-order valence-corrected chi connectivity index (χ4v) is 3.79. The van der Waals surface area contributed by atoms with Crippen LogP contribution in [-0.4, -0.2) is 46.8 Å². The zero-order chi connectivity index (χ0) is 18.6. The van der Waals surface area contributed by atoms with Gasteiger partial charge in [0.05, 0.1) is 5.69 Å². The van der Waals surface area contributed by atoms with E-state index in [1.54, 1.807) is 0 Å². The van der Waals surface area contributed by atoms with Crippen LogP contribution in [0.5, 0.6) is 0 Å². The Morgan fingerprint density at radius 2 is 1.93 bits per heavy atom. The van der Waals surface area contributed by atoms with Crippen LogP contribution in [0.2, 0.25) is 0 Å². The summed E-state index contributed by atoms with van der Waals surface area (Å²) in [5.41, 5.74) is 9.92. The molecule has 1 unspecified atom stereocenters. The fraction of sp³-hybridized carbons (Fsp3) is 0.500. The van der Waals surface area contributed by atoms with Gasteiger partial charge in [-0.25, -0.2) is 0 Å². The summed E-state index contributed by atoms with van der Waals surface area (Å²) in [7, 11) is 0. The summed E-state index contributed by atoms with van der Waals surface area (Å²) in [5.74, 6) is -0.144. The molecule has 1 aromatic carbocycles. The van der Waals surface area contributed by atoms with Crippen molar-refractivity contribution < 1.29 is 4.79 Å². The topological polar surface area (TPSA) is 88.2 Å². The minimum absolute atomic E-state index is 0.0176. The number of carbonyl (C=O) groups excluding carboxylic acids is 1. The van der Waals surface area contributed by atoms with E-state index in [1.165, 1.54) is 5.56 Å². The van der Waals surface area contributed by atoms with Crippen molar-refractivity contribution in [2.24, 2.45) is 5.73 Å². The maximum atomic E-state index is 12.4. The van der Waals surface area contributed by atoms with Crippen LogP contribution in [0.3, 0.4) is 0 Å². The largest absolute Gasteiger partial charge is 0.347 e. The molecule has 2 aliphatic rings. The second kappa shape index (κ2) is 8.21. The lowest BCUT2D eigenvalue weighted by Gasteiger charge is -2.27. The summed E-state index contributed by atoms with van der Waals surface area (Å²) in [4.78, 5) is 14.9. The van der Waals surface area contributed by atoms with Crippen molar-refractivity contribution in [2.45, 2.75) is 38.5 Å². The maximum Gasteiger partial charge on any atom is 0.272 e. The summed E-state index contributed by atoms with van der Waals surface area (Å²) < 4.78 is 1.87. The molecule has 1 fully saturated rings. The number of hydrogen-bond donors (Lipinski definition) is 3. The third kappa shape index (κ3) is 4.37. The van der Waals surface area contributed by atoms with E-state index in [4.69, 9.17) is 5.73 Å². The molecule has 1 atom stereocenters. The molecule has 0 saturated carbocycles. The van der Waals surface area contributed by atoms with E-state index >= 15 is 0 Å². The molecule has 4 N–H and O–H groups in total. The van der Waals surface area contributed by atoms with E-state index in [0.29, 0.717) is 12.2 Å². The molecule has 2 aliphatic heterocycles. The highest BCUT2D eigenvalue weighted by atomic mass is 16.1. The predicted molar refractivity (Wildman–Crippen MR) is 104 cm³/mol. The van der Waals surface area contributed by atoms with Crippen molar-refractivity contribution in [1.82, 2.24) is 25.3 Å². The van der Waals surface area contributed by atoms with Crippen LogP contribution in [0.15, 0.2) is 30.3 Å². The van der Waals surface area contributed by atoms with Gasteiger partial charge in [-0.05, 0) is 30.0 Å². The zero-order valence-corrected chi connectivity index (χ0v) is 15.7. The lowest BCUT2D eigenvalue weighted by molar-refractivity contribution is 0.0945. The van der Waals surface area contributed by atoms with Gasteiger partial charge in [0.1, 0.15) is 0 Å². The Morgan fingerprint density at radius 1 is 1.19 bits per heavy atom. The number of hydrogen-bond acceptors (Lipinski definition) is 5. The van der Waals surface area contributed by atoms with Crippen LogP contribution in [0, 0.1) is 0 Å². The first-order valence-electron chi connectivity index (χ1n) is 9.81. The van der Waals surface area contributed by atoms with Crippen LogP contribution >= 0.6 is 0 Å². The Balaban J connectivity index is 1.31. The Kier molecular flexibility index (Phi) is 5.52. The van der Waals surface area contributed by atoms with Gasteiger partial charge in [-0.2, -0.15) is 5.10 Å². The fourth-order valence-electron chi connectivity index (χ4n) is 3.79. The monoisotopic (exact) mass is 368 g/mol. The smallest absolute Gasteiger partial charge is 0.272 e. The number of rotatable bonds is 5. The first-order valence-corrected chi connectivity index (χ1v) is 9.81. The number of aromatic nitrogens is 2. The molecule has 1 aromatic heterocycles. The maximum absolute atomic E-state index is 12.4. The summed E-state index contributed by atoms with van der Waals surface area (Å²) in [6, 6.07) is 10.3. The highest BCUT2D eigenvalue weighted by Gasteiger charge is 2.21. The highest BCUT2D eigenvalue weighted by Crippen LogP contribution is 2.23. The molecule has 2 aromatic rings. The van der Waals surface area contributed by atoms with E-state index in [0.717, 1.165) is 63.4 Å². The average molecular weight is 368 g/mol. The third-order valence-electron chi connectivity index (χ3n) is 5.40. The Bertz CT molecular complexity index is 778. The summed E-state index contributed by atoms with van der Waals surface area (Å²) in [6.07, 6.45) is 1.96. The quantitative estimate of drug-likeness (QED) is 0.733. The van der Waals surface area contributed by atoms with Gasteiger partial charge in [-0.1, -0.05) is 24.3 Å². The van der Waals surface area contributed by atoms with Gasteiger partial charge in [-0.3, -0.25) is 14.4 Å². The molecule has 4 rings (SSSR count). The van der Waals surface area contributed by atoms with Crippen LogP contribution in [0.4, 0.5) is 0 Å². The lowest BCUT2D eigenvalue weighted by atomic mass is 10.1. The van der Waals surface area contributed by atoms with Gasteiger partial charge in [-0.15, -0.1) is 0 Å². The van der Waals surface area contributed by atoms with Gasteiger partial charge in [0, 0.05) is 51.9 Å². The minimum atomic E-state index is -0.144. The van der Waals surface area contributed by atoms with Crippen molar-refractivity contribution in [3.8, 4) is 0 Å². The molecule has 0 radical (unpaired) electrons. The molecule has 3 heterocycles. The second-order valence-corrected chi connectivity index (χ2v) is 7.45. The van der Waals surface area contributed by atoms with Crippen molar-refractivity contribution in [3.63, 3.8) is 0 Å². The molecule has 27 heavy (non-hydrogen) atoms. The molecule has 0 aliphatic carbocycles. The van der Waals surface area contributed by atoms with Gasteiger partial charge < -0.3 is 16.4 Å². The standard InChI is InChI=1S/C20H28N6O/c21-17-2-1-9-26-19(17)12-18(24-26)20(27)23-13-15-3-5-16(6-4-15)14-25-10-7-22-8-11-25/h3-6,12,17,22H,1-2,7-11,13-14,21H2,(H,23,27). The van der Waals surface area contributed by atoms with Crippen LogP contribution in [0.1, 0.15) is 46.2 Å². The molecule has 7 heteroatoms. The number of benzene rings is 1. The van der Waals surface area contributed by atoms with Crippen LogP contribution in [0.25, 0.3) is 0 Å². The van der Waals surface area contributed by atoms with E-state index in [9.17, 15) is 4.79 Å². The van der Waals surface area contributed by atoms with Gasteiger partial charge in [0.25, 0.3) is 5.91 Å². The average Bonchev–Trinajstić information content (AvgIpc) is 3.14. The summed E-state index contributed by atoms with van der Waals surface area (Å²) in [6.45, 7) is 6.63. The Labute approximate surface area is 159 Å². The number of nitrogens with zero attached hydrogens (tertiary/aromatic N) is 3. The van der Waals surface area contributed by atoms with Crippen molar-refractivity contribution in [2.75, 3.05) is 26.2 Å². The number of nitrogens with two attached hydrogens (primary N) is 1. The molecule has 7 nitrogen and oxygen atoms in total. The van der Waals surface area contributed by atoms with Crippen LogP contribution in [-0.2, 0) is 19.6 Å². The molecule has 1 saturated heterocycles. The van der Waals surface area contributed by atoms with Crippen LogP contribution < -0.4 is 16.4 Å². The SMILES string of the molecule is NC1CCCn2nc(C(=O)NCc3ccc(CN4CCNCC4)cc3)cc21. The third-order valence-corrected chi connectivity index (χ3v) is 5.40. The second-order valence-electron chi connectivity index (χ2n) is 7.45. The number of nitrogens with one attached hydrogen (secondary N) is 2. The summed E-state index contributed by atoms with van der Waals surface area (Å²) in [5, 5.41) is 10.7. The van der Waals surface area contributed by atoms with Gasteiger partial charge in [0.15, 0.2) is 5.69 Å². The molecule has 0 bridgehead atoms. The van der Waals surface area contributed by atoms with Gasteiger partial charge >= 0.3 is 0 Å². The molecular weight excluding hydrogens is 340 g/mol. The number of piperazine rings is 1. The van der Waals surface area contributed by atoms with E-state index in [2.05, 4.69) is 44.9 Å². The van der Waals surface area contributed by atoms with Gasteiger partial charge in [0.2, 0.25) is 0 Å². The minimum Gasteiger partial charge on any atom is -0.347 e. The van der Waals surface area contributed by atoms with E-state index < -0.39 is 0 Å². The summed E-state index contributed by atoms with van der Waals surface area (Å²) >= 11 is 0. The normalized spacial score (nSPS) is 20.3. The van der Waals surface area contributed by atoms with E-state index in [1.807, 2.05) is 10.7 Å². The first kappa shape index (κ1) is 18.2. The van der Waals surface area contributed by atoms with Crippen molar-refractivity contribution in [3.05, 3.63) is 52.8 Å². The Hall–Kier alpha value is -2.22. The van der Waals surface area contributed by atoms with E-state index in [-0.39, 0.29) is 11.9 Å². The number of aryl methyl sites for hydroxylation is 1. The number of carbonyl (C=O) groups is 1. The highest BCUT2D eigenvalue weighted by molar-refractivity contribution is 5.92. The Morgan fingerprint density at radius 3 is 2.67 bits per heavy atom. The molecule has 1 amide bonds. The van der Waals surface area contributed by atoms with Crippen molar-refractivity contribution >= 4 is 5.91 Å². The predicted octanol–water partition coefficient (Wildman–Crippen LogP) is 1.01. The van der Waals surface area contributed by atoms with Crippen molar-refractivity contribution in [1.29, 1.82) is 0 Å². The first-order chi connectivity index (χ1) is 13.2.